The maximum atomic E-state index is 5.43. The van der Waals surface area contributed by atoms with Gasteiger partial charge in [0.25, 0.3) is 0 Å². The van der Waals surface area contributed by atoms with Gasteiger partial charge in [-0.25, -0.2) is 4.98 Å². The molecular formula is C16H18N6O. The molecule has 0 saturated heterocycles. The van der Waals surface area contributed by atoms with Crippen LogP contribution in [0, 0.1) is 19.3 Å². The van der Waals surface area contributed by atoms with Crippen molar-refractivity contribution in [3.05, 3.63) is 35.7 Å². The van der Waals surface area contributed by atoms with Crippen molar-refractivity contribution in [3.8, 4) is 35.4 Å². The second-order valence-corrected chi connectivity index (χ2v) is 4.38. The first-order valence-corrected chi connectivity index (χ1v) is 7.17. The fraction of sp³-hybridized carbons (Fsp3) is 0.250. The molecule has 0 fully saturated rings. The van der Waals surface area contributed by atoms with Gasteiger partial charge in [0.2, 0.25) is 5.82 Å². The number of aryl methyl sites for hydroxylation is 1. The van der Waals surface area contributed by atoms with E-state index in [0.29, 0.717) is 28.6 Å². The summed E-state index contributed by atoms with van der Waals surface area (Å²) in [6, 6.07) is 5.32. The number of aromatic nitrogens is 6. The van der Waals surface area contributed by atoms with Crippen molar-refractivity contribution in [3.63, 3.8) is 0 Å². The lowest BCUT2D eigenvalue weighted by atomic mass is 10.2. The molecule has 0 amide bonds. The smallest absolute Gasteiger partial charge is 0.240 e. The number of ether oxygens (including phenoxy) is 1. The third kappa shape index (κ3) is 3.55. The first kappa shape index (κ1) is 16.2. The average molecular weight is 310 g/mol. The Bertz CT molecular complexity index is 827. The zero-order valence-electron chi connectivity index (χ0n) is 13.5. The van der Waals surface area contributed by atoms with Crippen molar-refractivity contribution in [2.24, 2.45) is 0 Å². The van der Waals surface area contributed by atoms with Crippen LogP contribution in [0.25, 0.3) is 17.3 Å². The molecule has 1 N–H and O–H groups in total. The normalized spacial score (nSPS) is 9.70. The Morgan fingerprint density at radius 2 is 2.04 bits per heavy atom. The molecule has 0 saturated carbocycles. The highest BCUT2D eigenvalue weighted by atomic mass is 16.5. The average Bonchev–Trinajstić information content (AvgIpc) is 3.25. The molecule has 7 nitrogen and oxygen atoms in total. The number of imidazole rings is 1. The van der Waals surface area contributed by atoms with Crippen LogP contribution >= 0.6 is 0 Å². The van der Waals surface area contributed by atoms with Gasteiger partial charge in [0.1, 0.15) is 5.75 Å². The van der Waals surface area contributed by atoms with Crippen LogP contribution in [0.2, 0.25) is 0 Å². The fourth-order valence-corrected chi connectivity index (χ4v) is 1.84. The Morgan fingerprint density at radius 3 is 2.65 bits per heavy atom. The van der Waals surface area contributed by atoms with Gasteiger partial charge < -0.3 is 9.72 Å². The number of aromatic amines is 1. The number of H-pyrrole nitrogens is 1. The predicted octanol–water partition coefficient (Wildman–Crippen LogP) is 2.38. The number of benzene rings is 1. The van der Waals surface area contributed by atoms with Crippen LogP contribution < -0.4 is 4.74 Å². The highest BCUT2D eigenvalue weighted by Gasteiger charge is 2.11. The molecule has 23 heavy (non-hydrogen) atoms. The Balaban J connectivity index is 0.000000924. The van der Waals surface area contributed by atoms with Crippen molar-refractivity contribution in [1.82, 2.24) is 30.2 Å². The minimum absolute atomic E-state index is 0.410. The van der Waals surface area contributed by atoms with Gasteiger partial charge in [0.05, 0.1) is 12.8 Å². The number of nitrogens with zero attached hydrogens (tertiary/aromatic N) is 5. The number of rotatable bonds is 3. The number of tetrazole rings is 1. The molecule has 7 heteroatoms. The first-order valence-electron chi connectivity index (χ1n) is 7.17. The molecule has 0 spiro atoms. The third-order valence-corrected chi connectivity index (χ3v) is 2.85. The molecule has 3 rings (SSSR count). The molecule has 0 aliphatic rings. The Kier molecular flexibility index (Phi) is 5.10. The maximum Gasteiger partial charge on any atom is 0.240 e. The number of methoxy groups -OCH3 is 1. The van der Waals surface area contributed by atoms with Gasteiger partial charge in [-0.15, -0.1) is 21.4 Å². The minimum Gasteiger partial charge on any atom is -0.497 e. The molecule has 3 aromatic rings. The quantitative estimate of drug-likeness (QED) is 0.751. The van der Waals surface area contributed by atoms with E-state index in [9.17, 15) is 0 Å². The maximum absolute atomic E-state index is 5.43. The Morgan fingerprint density at radius 1 is 1.26 bits per heavy atom. The molecule has 1 aromatic carbocycles. The first-order chi connectivity index (χ1) is 11.2. The van der Waals surface area contributed by atoms with E-state index in [0.717, 1.165) is 5.69 Å². The van der Waals surface area contributed by atoms with Gasteiger partial charge in [-0.3, -0.25) is 0 Å². The van der Waals surface area contributed by atoms with E-state index in [1.54, 1.807) is 31.5 Å². The van der Waals surface area contributed by atoms with Crippen molar-refractivity contribution in [2.75, 3.05) is 7.11 Å². The van der Waals surface area contributed by atoms with Crippen molar-refractivity contribution < 1.29 is 4.74 Å². The van der Waals surface area contributed by atoms with Crippen LogP contribution in [-0.4, -0.2) is 37.3 Å². The Labute approximate surface area is 134 Å². The summed E-state index contributed by atoms with van der Waals surface area (Å²) in [6.07, 6.45) is 7.14. The second kappa shape index (κ2) is 7.22. The van der Waals surface area contributed by atoms with Crippen LogP contribution in [0.15, 0.2) is 24.4 Å². The summed E-state index contributed by atoms with van der Waals surface area (Å²) >= 11 is 0. The topological polar surface area (TPSA) is 81.5 Å². The lowest BCUT2D eigenvalue weighted by Crippen LogP contribution is -2.00. The lowest BCUT2D eigenvalue weighted by Gasteiger charge is -2.04. The highest BCUT2D eigenvalue weighted by molar-refractivity contribution is 5.49. The van der Waals surface area contributed by atoms with Gasteiger partial charge in [0, 0.05) is 23.5 Å². The molecule has 0 radical (unpaired) electrons. The summed E-state index contributed by atoms with van der Waals surface area (Å²) in [6.45, 7) is 5.90. The van der Waals surface area contributed by atoms with E-state index < -0.39 is 0 Å². The van der Waals surface area contributed by atoms with E-state index in [4.69, 9.17) is 11.2 Å². The second-order valence-electron chi connectivity index (χ2n) is 4.38. The van der Waals surface area contributed by atoms with Crippen LogP contribution in [0.5, 0.6) is 5.75 Å². The standard InChI is InChI=1S/C14H12N6O.C2H6/c1-4-10-5-11(7-12(6-10)21-3)20-18-14(17-19-20)13-15-8-9(2)16-13;1-2/h1,5-8H,2-3H3,(H,15,16);1-2H3. The van der Waals surface area contributed by atoms with E-state index in [-0.39, 0.29) is 0 Å². The highest BCUT2D eigenvalue weighted by Crippen LogP contribution is 2.19. The molecule has 0 aliphatic heterocycles. The molecule has 0 atom stereocenters. The summed E-state index contributed by atoms with van der Waals surface area (Å²) in [5.74, 6) is 4.18. The Hall–Kier alpha value is -3.14. The van der Waals surface area contributed by atoms with Crippen LogP contribution in [0.3, 0.4) is 0 Å². The van der Waals surface area contributed by atoms with Gasteiger partial charge in [-0.2, -0.15) is 0 Å². The minimum atomic E-state index is 0.410. The monoisotopic (exact) mass is 310 g/mol. The van der Waals surface area contributed by atoms with E-state index in [1.165, 1.54) is 4.80 Å². The van der Waals surface area contributed by atoms with Crippen molar-refractivity contribution in [1.29, 1.82) is 0 Å². The molecule has 2 aromatic heterocycles. The number of terminal acetylenes is 1. The fourth-order valence-electron chi connectivity index (χ4n) is 1.84. The molecular weight excluding hydrogens is 292 g/mol. The molecule has 118 valence electrons. The van der Waals surface area contributed by atoms with Gasteiger partial charge in [-0.05, 0) is 24.3 Å². The van der Waals surface area contributed by atoms with Crippen molar-refractivity contribution in [2.45, 2.75) is 20.8 Å². The number of hydrogen-bond acceptors (Lipinski definition) is 5. The molecule has 0 bridgehead atoms. The van der Waals surface area contributed by atoms with E-state index in [2.05, 4.69) is 31.3 Å². The number of nitrogens with one attached hydrogen (secondary N) is 1. The predicted molar refractivity (Wildman–Crippen MR) is 87.3 cm³/mol. The van der Waals surface area contributed by atoms with Gasteiger partial charge in [0.15, 0.2) is 5.82 Å². The van der Waals surface area contributed by atoms with Gasteiger partial charge >= 0.3 is 0 Å². The third-order valence-electron chi connectivity index (χ3n) is 2.85. The largest absolute Gasteiger partial charge is 0.497 e. The van der Waals surface area contributed by atoms with Crippen LogP contribution in [0.4, 0.5) is 0 Å². The summed E-state index contributed by atoms with van der Waals surface area (Å²) in [7, 11) is 1.57. The van der Waals surface area contributed by atoms with E-state index in [1.807, 2.05) is 20.8 Å². The van der Waals surface area contributed by atoms with Crippen LogP contribution in [0.1, 0.15) is 25.1 Å². The van der Waals surface area contributed by atoms with Crippen LogP contribution in [-0.2, 0) is 0 Å². The summed E-state index contributed by atoms with van der Waals surface area (Å²) in [5.41, 5.74) is 2.28. The van der Waals surface area contributed by atoms with E-state index >= 15 is 0 Å². The summed E-state index contributed by atoms with van der Waals surface area (Å²) in [5, 5.41) is 12.3. The van der Waals surface area contributed by atoms with Crippen molar-refractivity contribution >= 4 is 0 Å². The molecule has 2 heterocycles. The summed E-state index contributed by atoms with van der Waals surface area (Å²) in [4.78, 5) is 8.61. The van der Waals surface area contributed by atoms with Gasteiger partial charge in [-0.1, -0.05) is 19.8 Å². The zero-order valence-corrected chi connectivity index (χ0v) is 13.5. The zero-order chi connectivity index (χ0) is 16.8. The lowest BCUT2D eigenvalue weighted by molar-refractivity contribution is 0.414. The molecule has 0 aliphatic carbocycles. The molecule has 0 unspecified atom stereocenters. The summed E-state index contributed by atoms with van der Waals surface area (Å²) < 4.78 is 5.21. The number of hydrogen-bond donors (Lipinski definition) is 1. The SMILES string of the molecule is C#Cc1cc(OC)cc(-n2nnc(-c3ncc(C)[nH]3)n2)c1.CC.